The maximum Gasteiger partial charge on any atom is 0.141 e. The number of nitrogens with one attached hydrogen (secondary N) is 1. The van der Waals surface area contributed by atoms with Gasteiger partial charge in [0, 0.05) is 6.20 Å². The molecule has 2 aromatic heterocycles. The third-order valence-corrected chi connectivity index (χ3v) is 3.11. The van der Waals surface area contributed by atoms with Gasteiger partial charge in [-0.3, -0.25) is 4.98 Å². The van der Waals surface area contributed by atoms with Crippen molar-refractivity contribution >= 4 is 0 Å². The third-order valence-electron chi connectivity index (χ3n) is 3.11. The van der Waals surface area contributed by atoms with Crippen LogP contribution in [0.4, 0.5) is 4.39 Å². The van der Waals surface area contributed by atoms with E-state index in [1.54, 1.807) is 6.20 Å². The number of aromatic nitrogens is 3. The average molecular weight is 274 g/mol. The van der Waals surface area contributed by atoms with Crippen LogP contribution in [0, 0.1) is 19.7 Å². The van der Waals surface area contributed by atoms with Gasteiger partial charge in [0.2, 0.25) is 0 Å². The molecule has 5 heteroatoms. The molecule has 0 amide bonds. The quantitative estimate of drug-likeness (QED) is 0.910. The van der Waals surface area contributed by atoms with Crippen LogP contribution in [0.15, 0.2) is 24.5 Å². The highest BCUT2D eigenvalue weighted by Gasteiger charge is 2.17. The normalized spacial score (nSPS) is 12.4. The van der Waals surface area contributed by atoms with Gasteiger partial charge >= 0.3 is 0 Å². The van der Waals surface area contributed by atoms with Gasteiger partial charge < -0.3 is 5.32 Å². The zero-order chi connectivity index (χ0) is 14.5. The highest BCUT2D eigenvalue weighted by atomic mass is 19.1. The van der Waals surface area contributed by atoms with Gasteiger partial charge in [0.15, 0.2) is 0 Å². The van der Waals surface area contributed by atoms with Crippen LogP contribution in [0.5, 0.6) is 0 Å². The predicted molar refractivity (Wildman–Crippen MR) is 75.8 cm³/mol. The molecule has 0 saturated heterocycles. The van der Waals surface area contributed by atoms with Crippen LogP contribution in [0.3, 0.4) is 0 Å². The molecule has 0 aliphatic rings. The number of hydrogen-bond donors (Lipinski definition) is 1. The smallest absolute Gasteiger partial charge is 0.141 e. The van der Waals surface area contributed by atoms with Crippen molar-refractivity contribution in [3.8, 4) is 0 Å². The molecule has 2 heterocycles. The van der Waals surface area contributed by atoms with Crippen LogP contribution in [0.1, 0.15) is 41.9 Å². The van der Waals surface area contributed by atoms with Gasteiger partial charge in [-0.1, -0.05) is 6.92 Å². The van der Waals surface area contributed by atoms with Crippen molar-refractivity contribution in [2.45, 2.75) is 33.2 Å². The fourth-order valence-corrected chi connectivity index (χ4v) is 2.14. The zero-order valence-corrected chi connectivity index (χ0v) is 12.0. The topological polar surface area (TPSA) is 50.7 Å². The fourth-order valence-electron chi connectivity index (χ4n) is 2.14. The molecule has 106 valence electrons. The Hall–Kier alpha value is -1.88. The van der Waals surface area contributed by atoms with Crippen molar-refractivity contribution in [3.05, 3.63) is 52.9 Å². The van der Waals surface area contributed by atoms with E-state index in [4.69, 9.17) is 0 Å². The van der Waals surface area contributed by atoms with Gasteiger partial charge in [-0.15, -0.1) is 0 Å². The Kier molecular flexibility index (Phi) is 4.74. The molecular formula is C15H19FN4. The lowest BCUT2D eigenvalue weighted by atomic mass is 9.98. The summed E-state index contributed by atoms with van der Waals surface area (Å²) >= 11 is 0. The summed E-state index contributed by atoms with van der Waals surface area (Å²) in [6, 6.07) is 3.38. The Bertz CT molecular complexity index is 586. The van der Waals surface area contributed by atoms with E-state index in [0.717, 1.165) is 35.5 Å². The molecule has 0 spiro atoms. The first-order valence-electron chi connectivity index (χ1n) is 6.76. The third kappa shape index (κ3) is 3.36. The molecule has 0 aliphatic carbocycles. The minimum Gasteiger partial charge on any atom is -0.306 e. The molecule has 1 unspecified atom stereocenters. The van der Waals surface area contributed by atoms with Gasteiger partial charge in [0.25, 0.3) is 0 Å². The molecule has 0 saturated carbocycles. The molecule has 0 bridgehead atoms. The molecule has 4 nitrogen and oxygen atoms in total. The lowest BCUT2D eigenvalue weighted by molar-refractivity contribution is 0.575. The van der Waals surface area contributed by atoms with Crippen molar-refractivity contribution in [1.29, 1.82) is 0 Å². The number of halogens is 1. The maximum absolute atomic E-state index is 13.4. The van der Waals surface area contributed by atoms with E-state index in [0.29, 0.717) is 0 Å². The van der Waals surface area contributed by atoms with Crippen LogP contribution < -0.4 is 5.32 Å². The van der Waals surface area contributed by atoms with Gasteiger partial charge in [0.1, 0.15) is 5.82 Å². The number of pyridine rings is 1. The Morgan fingerprint density at radius 3 is 2.70 bits per heavy atom. The van der Waals surface area contributed by atoms with E-state index >= 15 is 0 Å². The Balaban J connectivity index is 2.44. The molecular weight excluding hydrogens is 255 g/mol. The Morgan fingerprint density at radius 2 is 2.00 bits per heavy atom. The first-order valence-corrected chi connectivity index (χ1v) is 6.76. The van der Waals surface area contributed by atoms with E-state index in [1.807, 2.05) is 19.9 Å². The predicted octanol–water partition coefficient (Wildman–Crippen LogP) is 2.72. The molecule has 2 aromatic rings. The summed E-state index contributed by atoms with van der Waals surface area (Å²) in [6.45, 7) is 6.74. The van der Waals surface area contributed by atoms with Crippen molar-refractivity contribution in [3.63, 3.8) is 0 Å². The van der Waals surface area contributed by atoms with Crippen molar-refractivity contribution in [2.75, 3.05) is 6.54 Å². The minimum atomic E-state index is -0.331. The largest absolute Gasteiger partial charge is 0.306 e. The van der Waals surface area contributed by atoms with E-state index in [2.05, 4.69) is 27.4 Å². The summed E-state index contributed by atoms with van der Waals surface area (Å²) in [6.07, 6.45) is 3.89. The van der Waals surface area contributed by atoms with E-state index in [-0.39, 0.29) is 11.9 Å². The molecule has 1 N–H and O–H groups in total. The first kappa shape index (κ1) is 14.5. The van der Waals surface area contributed by atoms with Crippen molar-refractivity contribution in [2.24, 2.45) is 0 Å². The lowest BCUT2D eigenvalue weighted by Gasteiger charge is -2.20. The number of hydrogen-bond acceptors (Lipinski definition) is 4. The van der Waals surface area contributed by atoms with E-state index in [9.17, 15) is 4.39 Å². The summed E-state index contributed by atoms with van der Waals surface area (Å²) < 4.78 is 13.4. The number of aryl methyl sites for hydroxylation is 2. The van der Waals surface area contributed by atoms with Crippen LogP contribution in [0.2, 0.25) is 0 Å². The second-order valence-corrected chi connectivity index (χ2v) is 4.85. The summed E-state index contributed by atoms with van der Waals surface area (Å²) in [4.78, 5) is 3.94. The monoisotopic (exact) mass is 274 g/mol. The SMILES string of the molecule is CCCNC(c1cncc(F)c1)c1cc(C)nnc1C. The van der Waals surface area contributed by atoms with Crippen molar-refractivity contribution in [1.82, 2.24) is 20.5 Å². The van der Waals surface area contributed by atoms with Crippen LogP contribution in [-0.4, -0.2) is 21.7 Å². The van der Waals surface area contributed by atoms with E-state index < -0.39 is 0 Å². The summed E-state index contributed by atoms with van der Waals surface area (Å²) in [5.74, 6) is -0.331. The fraction of sp³-hybridized carbons (Fsp3) is 0.400. The Labute approximate surface area is 118 Å². The van der Waals surface area contributed by atoms with Gasteiger partial charge in [-0.05, 0) is 50.1 Å². The number of rotatable bonds is 5. The van der Waals surface area contributed by atoms with E-state index in [1.165, 1.54) is 12.3 Å². The molecule has 0 aliphatic heterocycles. The van der Waals surface area contributed by atoms with Crippen LogP contribution in [-0.2, 0) is 0 Å². The molecule has 2 rings (SSSR count). The van der Waals surface area contributed by atoms with Crippen LogP contribution in [0.25, 0.3) is 0 Å². The number of nitrogens with zero attached hydrogens (tertiary/aromatic N) is 3. The van der Waals surface area contributed by atoms with Gasteiger partial charge in [-0.25, -0.2) is 4.39 Å². The summed E-state index contributed by atoms with van der Waals surface area (Å²) in [5.41, 5.74) is 3.50. The molecule has 0 aromatic carbocycles. The minimum absolute atomic E-state index is 0.118. The second kappa shape index (κ2) is 6.52. The second-order valence-electron chi connectivity index (χ2n) is 4.85. The van der Waals surface area contributed by atoms with Gasteiger partial charge in [0.05, 0.1) is 23.6 Å². The molecule has 0 radical (unpaired) electrons. The Morgan fingerprint density at radius 1 is 1.20 bits per heavy atom. The van der Waals surface area contributed by atoms with Crippen LogP contribution >= 0.6 is 0 Å². The lowest BCUT2D eigenvalue weighted by Crippen LogP contribution is -2.25. The first-order chi connectivity index (χ1) is 9.61. The zero-order valence-electron chi connectivity index (χ0n) is 12.0. The van der Waals surface area contributed by atoms with Gasteiger partial charge in [-0.2, -0.15) is 10.2 Å². The molecule has 20 heavy (non-hydrogen) atoms. The highest BCUT2D eigenvalue weighted by molar-refractivity contribution is 5.33. The average Bonchev–Trinajstić information content (AvgIpc) is 2.43. The standard InChI is InChI=1S/C15H19FN4/c1-4-5-18-15(12-7-13(16)9-17-8-12)14-6-10(2)19-20-11(14)3/h6-9,15,18H,4-5H2,1-3H3. The molecule has 0 fully saturated rings. The summed E-state index contributed by atoms with van der Waals surface area (Å²) in [7, 11) is 0. The maximum atomic E-state index is 13.4. The highest BCUT2D eigenvalue weighted by Crippen LogP contribution is 2.24. The van der Waals surface area contributed by atoms with Crippen molar-refractivity contribution < 1.29 is 4.39 Å². The molecule has 1 atom stereocenters. The summed E-state index contributed by atoms with van der Waals surface area (Å²) in [5, 5.41) is 11.6.